The molecule has 5 heteroatoms. The van der Waals surface area contributed by atoms with Gasteiger partial charge in [-0.25, -0.2) is 0 Å². The molecule has 0 saturated carbocycles. The Hall–Kier alpha value is -1.97. The van der Waals surface area contributed by atoms with Crippen LogP contribution in [0.15, 0.2) is 42.6 Å². The second-order valence-corrected chi connectivity index (χ2v) is 5.67. The highest BCUT2D eigenvalue weighted by Gasteiger charge is 2.08. The third-order valence-corrected chi connectivity index (χ3v) is 3.83. The fourth-order valence-electron chi connectivity index (χ4n) is 2.21. The molecule has 0 bridgehead atoms. The molecule has 0 radical (unpaired) electrons. The largest absolute Gasteiger partial charge is 0.398 e. The van der Waals surface area contributed by atoms with Gasteiger partial charge < -0.3 is 11.1 Å². The summed E-state index contributed by atoms with van der Waals surface area (Å²) in [5.74, 6) is 0. The molecule has 1 aromatic heterocycles. The smallest absolute Gasteiger partial charge is 0.0642 e. The van der Waals surface area contributed by atoms with Gasteiger partial charge in [0.15, 0.2) is 0 Å². The first-order chi connectivity index (χ1) is 10.0. The van der Waals surface area contributed by atoms with Crippen molar-refractivity contribution in [3.8, 4) is 0 Å². The molecule has 2 aromatic carbocycles. The van der Waals surface area contributed by atoms with E-state index >= 15 is 0 Å². The molecule has 0 atom stereocenters. The average Bonchev–Trinajstić information content (AvgIpc) is 2.46. The fourth-order valence-corrected chi connectivity index (χ4v) is 2.55. The topological polar surface area (TPSA) is 50.9 Å². The molecule has 1 heterocycles. The van der Waals surface area contributed by atoms with Gasteiger partial charge in [-0.2, -0.15) is 0 Å². The van der Waals surface area contributed by atoms with Crippen molar-refractivity contribution in [2.75, 3.05) is 11.1 Å². The van der Waals surface area contributed by atoms with E-state index in [1.807, 2.05) is 25.1 Å². The number of aryl methyl sites for hydroxylation is 1. The summed E-state index contributed by atoms with van der Waals surface area (Å²) in [5, 5.41) is 6.45. The first kappa shape index (κ1) is 14.0. The van der Waals surface area contributed by atoms with E-state index < -0.39 is 0 Å². The fraction of sp³-hybridized carbons (Fsp3) is 0.0625. The third-order valence-electron chi connectivity index (χ3n) is 3.27. The second-order valence-electron chi connectivity index (χ2n) is 4.82. The molecule has 106 valence electrons. The van der Waals surface area contributed by atoms with Gasteiger partial charge in [-0.3, -0.25) is 4.98 Å². The van der Waals surface area contributed by atoms with Gasteiger partial charge in [-0.15, -0.1) is 0 Å². The van der Waals surface area contributed by atoms with Crippen LogP contribution in [-0.2, 0) is 0 Å². The van der Waals surface area contributed by atoms with Crippen molar-refractivity contribution in [1.82, 2.24) is 4.98 Å². The van der Waals surface area contributed by atoms with E-state index in [0.717, 1.165) is 27.8 Å². The number of nitrogens with zero attached hydrogens (tertiary/aromatic N) is 1. The lowest BCUT2D eigenvalue weighted by Crippen LogP contribution is -1.96. The molecule has 0 saturated heterocycles. The van der Waals surface area contributed by atoms with Gasteiger partial charge in [0.2, 0.25) is 0 Å². The number of nitrogens with one attached hydrogen (secondary N) is 1. The Kier molecular flexibility index (Phi) is 3.62. The summed E-state index contributed by atoms with van der Waals surface area (Å²) in [6, 6.07) is 11.1. The maximum absolute atomic E-state index is 6.20. The van der Waals surface area contributed by atoms with Crippen LogP contribution in [0.1, 0.15) is 5.69 Å². The van der Waals surface area contributed by atoms with Gasteiger partial charge in [0.25, 0.3) is 0 Å². The van der Waals surface area contributed by atoms with Crippen molar-refractivity contribution in [3.05, 3.63) is 58.3 Å². The van der Waals surface area contributed by atoms with Crippen LogP contribution in [0.25, 0.3) is 10.8 Å². The molecule has 3 aromatic rings. The number of hydrogen-bond donors (Lipinski definition) is 2. The minimum Gasteiger partial charge on any atom is -0.398 e. The summed E-state index contributed by atoms with van der Waals surface area (Å²) >= 11 is 12.2. The van der Waals surface area contributed by atoms with Gasteiger partial charge in [0, 0.05) is 39.1 Å². The van der Waals surface area contributed by atoms with Crippen molar-refractivity contribution >= 4 is 51.0 Å². The SMILES string of the molecule is Cc1cc2c(Nc3cc(Cl)ccc3Cl)ccc(N)c2cn1. The van der Waals surface area contributed by atoms with E-state index in [2.05, 4.69) is 10.3 Å². The molecule has 3 nitrogen and oxygen atoms in total. The van der Waals surface area contributed by atoms with Gasteiger partial charge in [-0.1, -0.05) is 23.2 Å². The molecule has 0 aliphatic rings. The molecule has 3 N–H and O–H groups in total. The average molecular weight is 318 g/mol. The number of nitrogens with two attached hydrogens (primary N) is 1. The summed E-state index contributed by atoms with van der Waals surface area (Å²) in [5.41, 5.74) is 9.29. The molecule has 21 heavy (non-hydrogen) atoms. The van der Waals surface area contributed by atoms with Crippen LogP contribution in [0.4, 0.5) is 17.1 Å². The predicted octanol–water partition coefficient (Wildman–Crippen LogP) is 5.18. The lowest BCUT2D eigenvalue weighted by atomic mass is 10.1. The lowest BCUT2D eigenvalue weighted by Gasteiger charge is -2.13. The molecule has 3 rings (SSSR count). The molecule has 0 unspecified atom stereocenters. The Morgan fingerprint density at radius 1 is 1.00 bits per heavy atom. The zero-order chi connectivity index (χ0) is 15.0. The van der Waals surface area contributed by atoms with E-state index in [9.17, 15) is 0 Å². The van der Waals surface area contributed by atoms with Crippen molar-refractivity contribution < 1.29 is 0 Å². The monoisotopic (exact) mass is 317 g/mol. The van der Waals surface area contributed by atoms with Crippen LogP contribution in [0.2, 0.25) is 10.0 Å². The number of rotatable bonds is 2. The Bertz CT molecular complexity index is 831. The highest BCUT2D eigenvalue weighted by atomic mass is 35.5. The molecule has 0 spiro atoms. The van der Waals surface area contributed by atoms with Crippen molar-refractivity contribution in [3.63, 3.8) is 0 Å². The van der Waals surface area contributed by atoms with Crippen LogP contribution < -0.4 is 11.1 Å². The molecule has 0 amide bonds. The van der Waals surface area contributed by atoms with E-state index in [1.54, 1.807) is 24.4 Å². The summed E-state index contributed by atoms with van der Waals surface area (Å²) < 4.78 is 0. The number of benzene rings is 2. The van der Waals surface area contributed by atoms with Gasteiger partial charge in [0.1, 0.15) is 0 Å². The minimum atomic E-state index is 0.607. The summed E-state index contributed by atoms with van der Waals surface area (Å²) in [4.78, 5) is 4.29. The van der Waals surface area contributed by atoms with Crippen LogP contribution in [0, 0.1) is 6.92 Å². The second kappa shape index (κ2) is 5.43. The number of hydrogen-bond acceptors (Lipinski definition) is 3. The normalized spacial score (nSPS) is 10.8. The quantitative estimate of drug-likeness (QED) is 0.640. The van der Waals surface area contributed by atoms with Crippen LogP contribution in [-0.4, -0.2) is 4.98 Å². The molecule has 0 aliphatic heterocycles. The van der Waals surface area contributed by atoms with Crippen molar-refractivity contribution in [2.45, 2.75) is 6.92 Å². The molecular formula is C16H13Cl2N3. The predicted molar refractivity (Wildman–Crippen MR) is 90.6 cm³/mol. The Balaban J connectivity index is 2.14. The first-order valence-corrected chi connectivity index (χ1v) is 7.17. The van der Waals surface area contributed by atoms with Crippen LogP contribution in [0.5, 0.6) is 0 Å². The van der Waals surface area contributed by atoms with E-state index in [0.29, 0.717) is 15.7 Å². The van der Waals surface area contributed by atoms with Crippen molar-refractivity contribution in [1.29, 1.82) is 0 Å². The van der Waals surface area contributed by atoms with Crippen LogP contribution in [0.3, 0.4) is 0 Å². The summed E-state index contributed by atoms with van der Waals surface area (Å²) in [7, 11) is 0. The number of halogens is 2. The van der Waals surface area contributed by atoms with E-state index in [1.165, 1.54) is 0 Å². The number of aromatic nitrogens is 1. The summed E-state index contributed by atoms with van der Waals surface area (Å²) in [6.45, 7) is 1.94. The molecular weight excluding hydrogens is 305 g/mol. The highest BCUT2D eigenvalue weighted by Crippen LogP contribution is 2.33. The number of nitrogen functional groups attached to an aromatic ring is 1. The Labute approximate surface area is 132 Å². The first-order valence-electron chi connectivity index (χ1n) is 6.41. The zero-order valence-corrected chi connectivity index (χ0v) is 12.8. The summed E-state index contributed by atoms with van der Waals surface area (Å²) in [6.07, 6.45) is 1.78. The minimum absolute atomic E-state index is 0.607. The van der Waals surface area contributed by atoms with Crippen molar-refractivity contribution in [2.24, 2.45) is 0 Å². The zero-order valence-electron chi connectivity index (χ0n) is 11.3. The highest BCUT2D eigenvalue weighted by molar-refractivity contribution is 6.35. The maximum atomic E-state index is 6.20. The molecule has 0 fully saturated rings. The number of pyridine rings is 1. The number of anilines is 3. The van der Waals surface area contributed by atoms with Crippen LogP contribution >= 0.6 is 23.2 Å². The number of fused-ring (bicyclic) bond motifs is 1. The van der Waals surface area contributed by atoms with Gasteiger partial charge in [-0.05, 0) is 43.3 Å². The van der Waals surface area contributed by atoms with E-state index in [4.69, 9.17) is 28.9 Å². The maximum Gasteiger partial charge on any atom is 0.0642 e. The van der Waals surface area contributed by atoms with Gasteiger partial charge >= 0.3 is 0 Å². The third kappa shape index (κ3) is 2.75. The van der Waals surface area contributed by atoms with E-state index in [-0.39, 0.29) is 0 Å². The van der Waals surface area contributed by atoms with Gasteiger partial charge in [0.05, 0.1) is 10.7 Å². The standard InChI is InChI=1S/C16H13Cl2N3/c1-9-6-11-12(8-20-9)14(19)4-5-15(11)21-16-7-10(17)2-3-13(16)18/h2-8,21H,19H2,1H3. The Morgan fingerprint density at radius 2 is 1.81 bits per heavy atom. The lowest BCUT2D eigenvalue weighted by molar-refractivity contribution is 1.22. The Morgan fingerprint density at radius 3 is 2.62 bits per heavy atom. The molecule has 0 aliphatic carbocycles.